The van der Waals surface area contributed by atoms with Gasteiger partial charge in [0.05, 0.1) is 7.11 Å². The average Bonchev–Trinajstić information content (AvgIpc) is 2.72. The predicted molar refractivity (Wildman–Crippen MR) is 102 cm³/mol. The predicted octanol–water partition coefficient (Wildman–Crippen LogP) is 2.89. The number of amides is 1. The van der Waals surface area contributed by atoms with Gasteiger partial charge in [0.15, 0.2) is 5.75 Å². The van der Waals surface area contributed by atoms with Gasteiger partial charge in [-0.3, -0.25) is 9.59 Å². The maximum Gasteiger partial charge on any atom is 0.268 e. The number of methoxy groups -OCH3 is 1. The molecule has 3 rings (SSSR count). The molecule has 6 nitrogen and oxygen atoms in total. The molecule has 2 aromatic carbocycles. The second kappa shape index (κ2) is 8.71. The van der Waals surface area contributed by atoms with Crippen LogP contribution >= 0.6 is 0 Å². The van der Waals surface area contributed by atoms with Crippen LogP contribution in [0.4, 0.5) is 0 Å². The van der Waals surface area contributed by atoms with Crippen LogP contribution in [-0.4, -0.2) is 18.0 Å². The van der Waals surface area contributed by atoms with Crippen molar-refractivity contribution in [3.63, 3.8) is 0 Å². The molecule has 0 unspecified atom stereocenters. The smallest absolute Gasteiger partial charge is 0.268 e. The van der Waals surface area contributed by atoms with Gasteiger partial charge in [0.25, 0.3) is 5.91 Å². The molecule has 1 amide bonds. The minimum Gasteiger partial charge on any atom is -0.496 e. The summed E-state index contributed by atoms with van der Waals surface area (Å²) in [5.74, 6) is 0.476. The lowest BCUT2D eigenvalue weighted by atomic mass is 10.2. The number of hydrogen-bond acceptors (Lipinski definition) is 4. The molecular formula is C21H20N2O4. The van der Waals surface area contributed by atoms with Crippen LogP contribution in [0.15, 0.2) is 71.7 Å². The number of carbonyl (C=O) groups is 1. The van der Waals surface area contributed by atoms with Crippen LogP contribution in [0.5, 0.6) is 11.5 Å². The lowest BCUT2D eigenvalue weighted by Crippen LogP contribution is -2.25. The quantitative estimate of drug-likeness (QED) is 0.676. The number of hydrogen-bond donors (Lipinski definition) is 2. The number of aromatic nitrogens is 1. The number of pyridine rings is 1. The van der Waals surface area contributed by atoms with Crippen molar-refractivity contribution < 1.29 is 14.3 Å². The van der Waals surface area contributed by atoms with Gasteiger partial charge in [-0.1, -0.05) is 48.5 Å². The van der Waals surface area contributed by atoms with Crippen LogP contribution in [0.2, 0.25) is 0 Å². The Morgan fingerprint density at radius 2 is 1.78 bits per heavy atom. The molecule has 2 N–H and O–H groups in total. The number of nitrogens with one attached hydrogen (secondary N) is 2. The maximum absolute atomic E-state index is 12.3. The van der Waals surface area contributed by atoms with Gasteiger partial charge in [-0.25, -0.2) is 0 Å². The first-order chi connectivity index (χ1) is 13.2. The lowest BCUT2D eigenvalue weighted by molar-refractivity contribution is 0.0945. The fourth-order valence-electron chi connectivity index (χ4n) is 2.56. The molecule has 0 spiro atoms. The molecule has 0 aliphatic carbocycles. The number of para-hydroxylation sites is 1. The van der Waals surface area contributed by atoms with E-state index < -0.39 is 0 Å². The van der Waals surface area contributed by atoms with E-state index in [0.717, 1.165) is 11.1 Å². The average molecular weight is 364 g/mol. The molecule has 0 radical (unpaired) electrons. The Bertz CT molecular complexity index is 967. The van der Waals surface area contributed by atoms with E-state index in [-0.39, 0.29) is 35.9 Å². The first kappa shape index (κ1) is 18.3. The molecule has 0 atom stereocenters. The molecule has 138 valence electrons. The fraction of sp³-hybridized carbons (Fsp3) is 0.143. The molecule has 0 aliphatic rings. The molecule has 0 saturated heterocycles. The summed E-state index contributed by atoms with van der Waals surface area (Å²) in [6.45, 7) is 0.570. The first-order valence-corrected chi connectivity index (χ1v) is 8.47. The number of ether oxygens (including phenoxy) is 2. The van der Waals surface area contributed by atoms with Crippen molar-refractivity contribution in [1.82, 2.24) is 10.3 Å². The van der Waals surface area contributed by atoms with Crippen molar-refractivity contribution in [1.29, 1.82) is 0 Å². The highest BCUT2D eigenvalue weighted by Crippen LogP contribution is 2.16. The van der Waals surface area contributed by atoms with Crippen LogP contribution in [-0.2, 0) is 13.2 Å². The van der Waals surface area contributed by atoms with Crippen molar-refractivity contribution in [2.24, 2.45) is 0 Å². The van der Waals surface area contributed by atoms with E-state index in [2.05, 4.69) is 10.3 Å². The van der Waals surface area contributed by atoms with E-state index in [9.17, 15) is 9.59 Å². The number of benzene rings is 2. The monoisotopic (exact) mass is 364 g/mol. The van der Waals surface area contributed by atoms with E-state index in [4.69, 9.17) is 9.47 Å². The summed E-state index contributed by atoms with van der Waals surface area (Å²) in [7, 11) is 1.58. The third-order valence-corrected chi connectivity index (χ3v) is 3.99. The first-order valence-electron chi connectivity index (χ1n) is 8.47. The summed E-state index contributed by atoms with van der Waals surface area (Å²) in [4.78, 5) is 27.3. The van der Waals surface area contributed by atoms with Crippen molar-refractivity contribution in [2.45, 2.75) is 13.2 Å². The van der Waals surface area contributed by atoms with Crippen LogP contribution < -0.4 is 20.2 Å². The number of carbonyl (C=O) groups excluding carboxylic acids is 1. The third kappa shape index (κ3) is 4.76. The van der Waals surface area contributed by atoms with Crippen molar-refractivity contribution in [2.75, 3.05) is 7.11 Å². The van der Waals surface area contributed by atoms with Crippen molar-refractivity contribution in [3.8, 4) is 11.5 Å². The van der Waals surface area contributed by atoms with Gasteiger partial charge in [0.1, 0.15) is 18.1 Å². The molecule has 0 aliphatic heterocycles. The second-order valence-electron chi connectivity index (χ2n) is 5.84. The zero-order chi connectivity index (χ0) is 19.1. The van der Waals surface area contributed by atoms with Gasteiger partial charge in [-0.15, -0.1) is 0 Å². The Labute approximate surface area is 156 Å². The molecule has 1 aromatic heterocycles. The standard InChI is InChI=1S/C21H20N2O4/c1-26-19-10-6-5-9-16(19)12-23-21(25)17-11-18(24)20(13-22-17)27-14-15-7-3-2-4-8-15/h2-11,13H,12,14H2,1H3,(H,22,24)(H,23,25). The van der Waals surface area contributed by atoms with Gasteiger partial charge in [-0.2, -0.15) is 0 Å². The molecular weight excluding hydrogens is 344 g/mol. The molecule has 1 heterocycles. The topological polar surface area (TPSA) is 80.4 Å². The summed E-state index contributed by atoms with van der Waals surface area (Å²) in [6, 6.07) is 18.2. The molecule has 0 saturated carbocycles. The summed E-state index contributed by atoms with van der Waals surface area (Å²) < 4.78 is 10.8. The van der Waals surface area contributed by atoms with Crippen molar-refractivity contribution in [3.05, 3.63) is 93.9 Å². The van der Waals surface area contributed by atoms with E-state index in [1.807, 2.05) is 54.6 Å². The zero-order valence-electron chi connectivity index (χ0n) is 14.9. The Hall–Kier alpha value is -3.54. The van der Waals surface area contributed by atoms with E-state index >= 15 is 0 Å². The van der Waals surface area contributed by atoms with Gasteiger partial charge in [-0.05, 0) is 11.6 Å². The minimum absolute atomic E-state index is 0.167. The molecule has 0 bridgehead atoms. The van der Waals surface area contributed by atoms with E-state index in [1.54, 1.807) is 7.11 Å². The molecule has 6 heteroatoms. The van der Waals surface area contributed by atoms with Crippen LogP contribution in [0, 0.1) is 0 Å². The maximum atomic E-state index is 12.3. The highest BCUT2D eigenvalue weighted by atomic mass is 16.5. The summed E-state index contributed by atoms with van der Waals surface area (Å²) in [6.07, 6.45) is 1.41. The molecule has 27 heavy (non-hydrogen) atoms. The Balaban J connectivity index is 1.62. The van der Waals surface area contributed by atoms with Gasteiger partial charge in [0, 0.05) is 24.4 Å². The molecule has 0 fully saturated rings. The van der Waals surface area contributed by atoms with Crippen molar-refractivity contribution >= 4 is 5.91 Å². The summed E-state index contributed by atoms with van der Waals surface area (Å²) >= 11 is 0. The highest BCUT2D eigenvalue weighted by molar-refractivity contribution is 5.92. The Morgan fingerprint density at radius 1 is 1.04 bits per heavy atom. The van der Waals surface area contributed by atoms with Crippen LogP contribution in [0.1, 0.15) is 21.6 Å². The SMILES string of the molecule is COc1ccccc1CNC(=O)c1cc(=O)c(OCc2ccccc2)c[nH]1. The number of rotatable bonds is 7. The number of H-pyrrole nitrogens is 1. The minimum atomic E-state index is -0.382. The van der Waals surface area contributed by atoms with Gasteiger partial charge in [0.2, 0.25) is 5.43 Å². The van der Waals surface area contributed by atoms with E-state index in [1.165, 1.54) is 12.3 Å². The Morgan fingerprint density at radius 3 is 2.52 bits per heavy atom. The van der Waals surface area contributed by atoms with Crippen LogP contribution in [0.25, 0.3) is 0 Å². The second-order valence-corrected chi connectivity index (χ2v) is 5.84. The zero-order valence-corrected chi connectivity index (χ0v) is 14.9. The lowest BCUT2D eigenvalue weighted by Gasteiger charge is -2.10. The highest BCUT2D eigenvalue weighted by Gasteiger charge is 2.11. The summed E-state index contributed by atoms with van der Waals surface area (Å²) in [5, 5.41) is 2.76. The third-order valence-electron chi connectivity index (χ3n) is 3.99. The fourth-order valence-corrected chi connectivity index (χ4v) is 2.56. The van der Waals surface area contributed by atoms with Gasteiger partial charge >= 0.3 is 0 Å². The largest absolute Gasteiger partial charge is 0.496 e. The van der Waals surface area contributed by atoms with Crippen LogP contribution in [0.3, 0.4) is 0 Å². The van der Waals surface area contributed by atoms with E-state index in [0.29, 0.717) is 5.75 Å². The van der Waals surface area contributed by atoms with Gasteiger partial charge < -0.3 is 19.8 Å². The summed E-state index contributed by atoms with van der Waals surface area (Å²) in [5.41, 5.74) is 1.61. The number of aromatic amines is 1. The normalized spacial score (nSPS) is 10.3. The molecule has 3 aromatic rings. The Kier molecular flexibility index (Phi) is 5.89.